The van der Waals surface area contributed by atoms with Gasteiger partial charge in [-0.25, -0.2) is 4.79 Å². The van der Waals surface area contributed by atoms with Gasteiger partial charge in [-0.15, -0.1) is 0 Å². The van der Waals surface area contributed by atoms with Gasteiger partial charge in [0.25, 0.3) is 0 Å². The van der Waals surface area contributed by atoms with Crippen molar-refractivity contribution in [3.8, 4) is 0 Å². The second-order valence-corrected chi connectivity index (χ2v) is 4.01. The van der Waals surface area contributed by atoms with Crippen molar-refractivity contribution in [1.29, 1.82) is 0 Å². The predicted octanol–water partition coefficient (Wildman–Crippen LogP) is 4.63. The van der Waals surface area contributed by atoms with Crippen molar-refractivity contribution in [3.63, 3.8) is 0 Å². The van der Waals surface area contributed by atoms with Crippen LogP contribution in [0.25, 0.3) is 21.7 Å². The maximum Gasteiger partial charge on any atom is 0.344 e. The van der Waals surface area contributed by atoms with Gasteiger partial charge < -0.3 is 4.42 Å². The molecule has 0 saturated heterocycles. The molecule has 3 heteroatoms. The molecule has 92 valence electrons. The molecule has 0 aliphatic rings. The molecule has 0 spiro atoms. The lowest BCUT2D eigenvalue weighted by atomic mass is 10.1. The summed E-state index contributed by atoms with van der Waals surface area (Å²) in [6.07, 6.45) is 0. The summed E-state index contributed by atoms with van der Waals surface area (Å²) in [6.45, 7) is 4.00. The fraction of sp³-hybridized carbons (Fsp3) is 0.133. The van der Waals surface area contributed by atoms with E-state index in [-0.39, 0.29) is 5.63 Å². The Morgan fingerprint density at radius 2 is 1.67 bits per heavy atom. The molecule has 0 atom stereocenters. The van der Waals surface area contributed by atoms with Crippen LogP contribution >= 0.6 is 11.6 Å². The summed E-state index contributed by atoms with van der Waals surface area (Å²) in [7, 11) is 0. The quantitative estimate of drug-likeness (QED) is 0.436. The Morgan fingerprint density at radius 1 is 0.944 bits per heavy atom. The van der Waals surface area contributed by atoms with Crippen LogP contribution in [-0.2, 0) is 0 Å². The predicted molar refractivity (Wildman–Crippen MR) is 76.3 cm³/mol. The monoisotopic (exact) mass is 260 g/mol. The topological polar surface area (TPSA) is 30.2 Å². The first-order valence-electron chi connectivity index (χ1n) is 5.87. The van der Waals surface area contributed by atoms with Gasteiger partial charge in [-0.1, -0.05) is 49.7 Å². The van der Waals surface area contributed by atoms with Crippen LogP contribution in [0.1, 0.15) is 13.8 Å². The summed E-state index contributed by atoms with van der Waals surface area (Å²) in [4.78, 5) is 11.7. The lowest BCUT2D eigenvalue weighted by molar-refractivity contribution is 0.569. The first-order chi connectivity index (χ1) is 8.75. The second-order valence-electron chi connectivity index (χ2n) is 3.58. The van der Waals surface area contributed by atoms with Crippen LogP contribution in [0.3, 0.4) is 0 Å². The van der Waals surface area contributed by atoms with Gasteiger partial charge in [-0.3, -0.25) is 0 Å². The number of hydrogen-bond donors (Lipinski definition) is 0. The molecule has 0 unspecified atom stereocenters. The summed E-state index contributed by atoms with van der Waals surface area (Å²) < 4.78 is 5.22. The van der Waals surface area contributed by atoms with E-state index in [9.17, 15) is 4.79 Å². The number of halogens is 1. The Morgan fingerprint density at radius 3 is 2.44 bits per heavy atom. The molecule has 1 heterocycles. The van der Waals surface area contributed by atoms with E-state index >= 15 is 0 Å². The summed E-state index contributed by atoms with van der Waals surface area (Å²) >= 11 is 5.86. The third kappa shape index (κ3) is 2.12. The van der Waals surface area contributed by atoms with Crippen LogP contribution in [0.4, 0.5) is 0 Å². The lowest BCUT2D eigenvalue weighted by Gasteiger charge is -2.01. The summed E-state index contributed by atoms with van der Waals surface area (Å²) in [5, 5.41) is 2.85. The van der Waals surface area contributed by atoms with Gasteiger partial charge in [-0.2, -0.15) is 0 Å². The molecule has 18 heavy (non-hydrogen) atoms. The van der Waals surface area contributed by atoms with E-state index in [1.54, 1.807) is 18.2 Å². The Balaban J connectivity index is 0.000000574. The highest BCUT2D eigenvalue weighted by Crippen LogP contribution is 2.24. The molecule has 3 rings (SSSR count). The highest BCUT2D eigenvalue weighted by atomic mass is 35.5. The number of para-hydroxylation sites is 1. The van der Waals surface area contributed by atoms with Crippen molar-refractivity contribution in [2.24, 2.45) is 0 Å². The average Bonchev–Trinajstić information content (AvgIpc) is 2.41. The van der Waals surface area contributed by atoms with E-state index in [0.29, 0.717) is 16.0 Å². The van der Waals surface area contributed by atoms with Gasteiger partial charge in [0, 0.05) is 15.8 Å². The van der Waals surface area contributed by atoms with Crippen LogP contribution in [-0.4, -0.2) is 0 Å². The van der Waals surface area contributed by atoms with Crippen LogP contribution in [0.15, 0.2) is 51.7 Å². The Labute approximate surface area is 110 Å². The van der Waals surface area contributed by atoms with Gasteiger partial charge in [0.05, 0.1) is 5.39 Å². The fourth-order valence-corrected chi connectivity index (χ4v) is 2.03. The van der Waals surface area contributed by atoms with E-state index < -0.39 is 0 Å². The second kappa shape index (κ2) is 5.23. The molecule has 0 radical (unpaired) electrons. The minimum atomic E-state index is -0.351. The van der Waals surface area contributed by atoms with Crippen LogP contribution in [0, 0.1) is 0 Å². The SMILES string of the molecule is CC.O=c1oc2ccccc2c2ccc(Cl)cc12. The molecule has 0 bridgehead atoms. The molecule has 0 amide bonds. The first kappa shape index (κ1) is 12.7. The zero-order valence-corrected chi connectivity index (χ0v) is 11.0. The number of rotatable bonds is 0. The van der Waals surface area contributed by atoms with Crippen molar-refractivity contribution in [2.75, 3.05) is 0 Å². The molecular weight excluding hydrogens is 248 g/mol. The van der Waals surface area contributed by atoms with Gasteiger partial charge in [0.15, 0.2) is 0 Å². The average molecular weight is 261 g/mol. The minimum Gasteiger partial charge on any atom is -0.422 e. The lowest BCUT2D eigenvalue weighted by Crippen LogP contribution is -1.99. The van der Waals surface area contributed by atoms with E-state index in [1.807, 2.05) is 38.1 Å². The number of hydrogen-bond acceptors (Lipinski definition) is 2. The molecular formula is C15H13ClO2. The zero-order valence-electron chi connectivity index (χ0n) is 10.2. The molecule has 2 nitrogen and oxygen atoms in total. The molecule has 2 aromatic carbocycles. The standard InChI is InChI=1S/C13H7ClO2.C2H6/c14-8-5-6-9-10-3-1-2-4-12(10)16-13(15)11(9)7-8;1-2/h1-7H;1-2H3. The highest BCUT2D eigenvalue weighted by molar-refractivity contribution is 6.31. The third-order valence-corrected chi connectivity index (χ3v) is 2.82. The van der Waals surface area contributed by atoms with E-state index in [1.165, 1.54) is 0 Å². The van der Waals surface area contributed by atoms with Crippen LogP contribution < -0.4 is 5.63 Å². The molecule has 0 aliphatic carbocycles. The molecule has 0 saturated carbocycles. The Hall–Kier alpha value is -1.80. The van der Waals surface area contributed by atoms with Crippen molar-refractivity contribution < 1.29 is 4.42 Å². The van der Waals surface area contributed by atoms with Gasteiger partial charge >= 0.3 is 5.63 Å². The van der Waals surface area contributed by atoms with Crippen LogP contribution in [0.2, 0.25) is 5.02 Å². The summed E-state index contributed by atoms with van der Waals surface area (Å²) in [5.74, 6) is 0. The molecule has 0 fully saturated rings. The smallest absolute Gasteiger partial charge is 0.344 e. The number of benzene rings is 2. The van der Waals surface area contributed by atoms with Crippen molar-refractivity contribution in [3.05, 3.63) is 57.9 Å². The van der Waals surface area contributed by atoms with Gasteiger partial charge in [-0.05, 0) is 18.2 Å². The largest absolute Gasteiger partial charge is 0.422 e. The molecule has 0 N–H and O–H groups in total. The van der Waals surface area contributed by atoms with Gasteiger partial charge in [0.2, 0.25) is 0 Å². The normalized spacial score (nSPS) is 10.2. The first-order valence-corrected chi connectivity index (χ1v) is 6.24. The third-order valence-electron chi connectivity index (χ3n) is 2.58. The van der Waals surface area contributed by atoms with Crippen molar-refractivity contribution in [1.82, 2.24) is 0 Å². The summed E-state index contributed by atoms with van der Waals surface area (Å²) in [5.41, 5.74) is 0.249. The maximum absolute atomic E-state index is 11.7. The fourth-order valence-electron chi connectivity index (χ4n) is 1.85. The zero-order chi connectivity index (χ0) is 13.1. The number of fused-ring (bicyclic) bond motifs is 3. The molecule has 1 aromatic heterocycles. The molecule has 0 aliphatic heterocycles. The van der Waals surface area contributed by atoms with E-state index in [4.69, 9.17) is 16.0 Å². The van der Waals surface area contributed by atoms with Crippen LogP contribution in [0.5, 0.6) is 0 Å². The van der Waals surface area contributed by atoms with Gasteiger partial charge in [0.1, 0.15) is 5.58 Å². The Bertz CT molecular complexity index is 744. The van der Waals surface area contributed by atoms with E-state index in [0.717, 1.165) is 10.8 Å². The minimum absolute atomic E-state index is 0.351. The van der Waals surface area contributed by atoms with Crippen molar-refractivity contribution in [2.45, 2.75) is 13.8 Å². The summed E-state index contributed by atoms with van der Waals surface area (Å²) in [6, 6.07) is 12.7. The maximum atomic E-state index is 11.7. The highest BCUT2D eigenvalue weighted by Gasteiger charge is 2.06. The molecule has 3 aromatic rings. The van der Waals surface area contributed by atoms with Crippen molar-refractivity contribution >= 4 is 33.3 Å². The van der Waals surface area contributed by atoms with E-state index in [2.05, 4.69) is 0 Å². The Kier molecular flexibility index (Phi) is 3.68.